The van der Waals surface area contributed by atoms with E-state index >= 15 is 0 Å². The first-order valence-corrected chi connectivity index (χ1v) is 7.11. The van der Waals surface area contributed by atoms with E-state index in [1.165, 1.54) is 12.8 Å². The largest absolute Gasteiger partial charge is 0.496 e. The molecular formula is C16H23ClN2O2. The van der Waals surface area contributed by atoms with Crippen molar-refractivity contribution in [2.24, 2.45) is 0 Å². The molecular weight excluding hydrogens is 288 g/mol. The van der Waals surface area contributed by atoms with Crippen LogP contribution in [0.15, 0.2) is 30.3 Å². The van der Waals surface area contributed by atoms with Crippen LogP contribution in [-0.4, -0.2) is 44.1 Å². The zero-order chi connectivity index (χ0) is 14.2. The molecule has 1 aliphatic heterocycles. The standard InChI is InChI=1S/C16H22N2O2.ClH/c1-20-15-7-3-2-6-14(15)8-9-16(19)17-10-13-18-11-4-5-12-18;/h2-3,6-9H,4-5,10-13H2,1H3,(H,17,19);1H/b9-8+;. The van der Waals surface area contributed by atoms with Crippen molar-refractivity contribution in [3.05, 3.63) is 35.9 Å². The molecule has 4 nitrogen and oxygen atoms in total. The molecule has 116 valence electrons. The normalized spacial score (nSPS) is 14.9. The van der Waals surface area contributed by atoms with Crippen molar-refractivity contribution in [3.8, 4) is 5.75 Å². The van der Waals surface area contributed by atoms with Crippen LogP contribution in [0.2, 0.25) is 0 Å². The molecule has 1 aromatic rings. The zero-order valence-corrected chi connectivity index (χ0v) is 13.2. The summed E-state index contributed by atoms with van der Waals surface area (Å²) in [7, 11) is 1.63. The second-order valence-electron chi connectivity index (χ2n) is 4.92. The van der Waals surface area contributed by atoms with Crippen molar-refractivity contribution < 1.29 is 9.53 Å². The molecule has 0 atom stereocenters. The quantitative estimate of drug-likeness (QED) is 0.820. The monoisotopic (exact) mass is 310 g/mol. The highest BCUT2D eigenvalue weighted by molar-refractivity contribution is 5.92. The number of hydrogen-bond donors (Lipinski definition) is 1. The van der Waals surface area contributed by atoms with E-state index in [1.807, 2.05) is 24.3 Å². The van der Waals surface area contributed by atoms with Gasteiger partial charge < -0.3 is 15.0 Å². The third-order valence-corrected chi connectivity index (χ3v) is 3.48. The van der Waals surface area contributed by atoms with E-state index in [0.29, 0.717) is 6.54 Å². The Morgan fingerprint density at radius 3 is 2.76 bits per heavy atom. The average Bonchev–Trinajstić information content (AvgIpc) is 2.98. The van der Waals surface area contributed by atoms with Crippen molar-refractivity contribution in [2.45, 2.75) is 12.8 Å². The summed E-state index contributed by atoms with van der Waals surface area (Å²) >= 11 is 0. The van der Waals surface area contributed by atoms with Crippen molar-refractivity contribution in [2.75, 3.05) is 33.3 Å². The van der Waals surface area contributed by atoms with Gasteiger partial charge in [-0.15, -0.1) is 12.4 Å². The molecule has 0 radical (unpaired) electrons. The van der Waals surface area contributed by atoms with Crippen molar-refractivity contribution in [3.63, 3.8) is 0 Å². The van der Waals surface area contributed by atoms with Gasteiger partial charge in [-0.3, -0.25) is 4.79 Å². The van der Waals surface area contributed by atoms with E-state index in [9.17, 15) is 4.79 Å². The van der Waals surface area contributed by atoms with E-state index in [2.05, 4.69) is 10.2 Å². The highest BCUT2D eigenvalue weighted by Crippen LogP contribution is 2.18. The fourth-order valence-electron chi connectivity index (χ4n) is 2.37. The van der Waals surface area contributed by atoms with Gasteiger partial charge in [0.25, 0.3) is 0 Å². The summed E-state index contributed by atoms with van der Waals surface area (Å²) in [5, 5.41) is 2.91. The number of nitrogens with one attached hydrogen (secondary N) is 1. The Morgan fingerprint density at radius 1 is 1.33 bits per heavy atom. The van der Waals surface area contributed by atoms with Gasteiger partial charge >= 0.3 is 0 Å². The van der Waals surface area contributed by atoms with Crippen LogP contribution in [0.5, 0.6) is 5.75 Å². The fraction of sp³-hybridized carbons (Fsp3) is 0.438. The second-order valence-corrected chi connectivity index (χ2v) is 4.92. The van der Waals surface area contributed by atoms with Gasteiger partial charge in [-0.1, -0.05) is 18.2 Å². The molecule has 21 heavy (non-hydrogen) atoms. The molecule has 1 aliphatic rings. The molecule has 0 aliphatic carbocycles. The summed E-state index contributed by atoms with van der Waals surface area (Å²) in [5.41, 5.74) is 0.907. The summed E-state index contributed by atoms with van der Waals surface area (Å²) in [4.78, 5) is 14.1. The summed E-state index contributed by atoms with van der Waals surface area (Å²) < 4.78 is 5.24. The Balaban J connectivity index is 0.00000220. The number of carbonyl (C=O) groups excluding carboxylic acids is 1. The van der Waals surface area contributed by atoms with E-state index in [4.69, 9.17) is 4.74 Å². The Kier molecular flexibility index (Phi) is 7.87. The SMILES string of the molecule is COc1ccccc1/C=C/C(=O)NCCN1CCCC1.Cl. The lowest BCUT2D eigenvalue weighted by Gasteiger charge is -2.13. The number of ether oxygens (including phenoxy) is 1. The number of para-hydroxylation sites is 1. The van der Waals surface area contributed by atoms with Crippen LogP contribution in [0.4, 0.5) is 0 Å². The van der Waals surface area contributed by atoms with E-state index < -0.39 is 0 Å². The summed E-state index contributed by atoms with van der Waals surface area (Å²) in [5.74, 6) is 0.712. The molecule has 1 heterocycles. The molecule has 0 bridgehead atoms. The number of benzene rings is 1. The predicted molar refractivity (Wildman–Crippen MR) is 88.0 cm³/mol. The van der Waals surface area contributed by atoms with Crippen LogP contribution in [0.1, 0.15) is 18.4 Å². The van der Waals surface area contributed by atoms with Crippen LogP contribution in [0.25, 0.3) is 6.08 Å². The molecule has 1 aromatic carbocycles. The lowest BCUT2D eigenvalue weighted by molar-refractivity contribution is -0.116. The van der Waals surface area contributed by atoms with Gasteiger partial charge in [0.2, 0.25) is 5.91 Å². The number of nitrogens with zero attached hydrogens (tertiary/aromatic N) is 1. The van der Waals surface area contributed by atoms with Crippen LogP contribution < -0.4 is 10.1 Å². The van der Waals surface area contributed by atoms with Gasteiger partial charge in [-0.05, 0) is 38.1 Å². The smallest absolute Gasteiger partial charge is 0.244 e. The summed E-state index contributed by atoms with van der Waals surface area (Å²) in [6, 6.07) is 7.64. The topological polar surface area (TPSA) is 41.6 Å². The molecule has 2 rings (SSSR count). The van der Waals surface area contributed by atoms with Crippen molar-refractivity contribution in [1.82, 2.24) is 10.2 Å². The van der Waals surface area contributed by atoms with Gasteiger partial charge in [-0.2, -0.15) is 0 Å². The minimum atomic E-state index is -0.0601. The fourth-order valence-corrected chi connectivity index (χ4v) is 2.37. The highest BCUT2D eigenvalue weighted by atomic mass is 35.5. The van der Waals surface area contributed by atoms with Gasteiger partial charge in [0.05, 0.1) is 7.11 Å². The molecule has 1 saturated heterocycles. The number of halogens is 1. The predicted octanol–water partition coefficient (Wildman–Crippen LogP) is 2.34. The Labute approximate surface area is 132 Å². The Hall–Kier alpha value is -1.52. The van der Waals surface area contributed by atoms with E-state index in [0.717, 1.165) is 30.9 Å². The summed E-state index contributed by atoms with van der Waals surface area (Å²) in [6.45, 7) is 3.96. The molecule has 0 saturated carbocycles. The van der Waals surface area contributed by atoms with Gasteiger partial charge in [0.1, 0.15) is 5.75 Å². The zero-order valence-electron chi connectivity index (χ0n) is 12.4. The lowest BCUT2D eigenvalue weighted by Crippen LogP contribution is -2.32. The maximum absolute atomic E-state index is 11.7. The first-order valence-electron chi connectivity index (χ1n) is 7.11. The van der Waals surface area contributed by atoms with Crippen LogP contribution in [0.3, 0.4) is 0 Å². The highest BCUT2D eigenvalue weighted by Gasteiger charge is 2.10. The van der Waals surface area contributed by atoms with Crippen LogP contribution in [0, 0.1) is 0 Å². The lowest BCUT2D eigenvalue weighted by atomic mass is 10.2. The first kappa shape index (κ1) is 17.5. The summed E-state index contributed by atoms with van der Waals surface area (Å²) in [6.07, 6.45) is 5.90. The van der Waals surface area contributed by atoms with Crippen molar-refractivity contribution >= 4 is 24.4 Å². The molecule has 5 heteroatoms. The molecule has 0 spiro atoms. The number of amides is 1. The van der Waals surface area contributed by atoms with Crippen LogP contribution >= 0.6 is 12.4 Å². The number of carbonyl (C=O) groups is 1. The molecule has 1 N–H and O–H groups in total. The van der Waals surface area contributed by atoms with Gasteiger partial charge in [-0.25, -0.2) is 0 Å². The molecule has 1 amide bonds. The van der Waals surface area contributed by atoms with Crippen molar-refractivity contribution in [1.29, 1.82) is 0 Å². The Bertz CT molecular complexity index is 471. The number of hydrogen-bond acceptors (Lipinski definition) is 3. The Morgan fingerprint density at radius 2 is 2.05 bits per heavy atom. The maximum Gasteiger partial charge on any atom is 0.244 e. The number of rotatable bonds is 6. The second kappa shape index (κ2) is 9.42. The molecule has 0 aromatic heterocycles. The average molecular weight is 311 g/mol. The minimum absolute atomic E-state index is 0. The number of likely N-dealkylation sites (tertiary alicyclic amines) is 1. The van der Waals surface area contributed by atoms with E-state index in [1.54, 1.807) is 19.3 Å². The minimum Gasteiger partial charge on any atom is -0.496 e. The van der Waals surface area contributed by atoms with Crippen LogP contribution in [-0.2, 0) is 4.79 Å². The van der Waals surface area contributed by atoms with E-state index in [-0.39, 0.29) is 18.3 Å². The number of methoxy groups -OCH3 is 1. The molecule has 1 fully saturated rings. The first-order chi connectivity index (χ1) is 9.79. The third kappa shape index (κ3) is 5.78. The van der Waals surface area contributed by atoms with Gasteiger partial charge in [0.15, 0.2) is 0 Å². The maximum atomic E-state index is 11.7. The third-order valence-electron chi connectivity index (χ3n) is 3.48. The van der Waals surface area contributed by atoms with Gasteiger partial charge in [0, 0.05) is 24.7 Å². The molecule has 0 unspecified atom stereocenters.